The first-order valence-corrected chi connectivity index (χ1v) is 7.13. The number of ether oxygens (including phenoxy) is 1. The highest BCUT2D eigenvalue weighted by Crippen LogP contribution is 2.33. The number of nitrogens with zero attached hydrogens (tertiary/aromatic N) is 2. The molecule has 2 atom stereocenters. The third-order valence-corrected chi connectivity index (χ3v) is 4.05. The van der Waals surface area contributed by atoms with Gasteiger partial charge in [-0.1, -0.05) is 23.4 Å². The van der Waals surface area contributed by atoms with Gasteiger partial charge in [-0.15, -0.1) is 0 Å². The normalized spacial score (nSPS) is 24.6. The maximum Gasteiger partial charge on any atom is 0.249 e. The Balaban J connectivity index is 1.46. The molecule has 1 aromatic carbocycles. The first kappa shape index (κ1) is 11.9. The van der Waals surface area contributed by atoms with Crippen molar-refractivity contribution in [3.05, 3.63) is 41.5 Å². The molecule has 1 unspecified atom stereocenters. The summed E-state index contributed by atoms with van der Waals surface area (Å²) in [6, 6.07) is 8.42. The van der Waals surface area contributed by atoms with E-state index in [1.54, 1.807) is 0 Å². The molecular formula is C15H17N3O2. The van der Waals surface area contributed by atoms with Crippen molar-refractivity contribution >= 4 is 5.69 Å². The molecule has 4 rings (SSSR count). The summed E-state index contributed by atoms with van der Waals surface area (Å²) >= 11 is 0. The van der Waals surface area contributed by atoms with Crippen LogP contribution in [0.1, 0.15) is 29.7 Å². The highest BCUT2D eigenvalue weighted by molar-refractivity contribution is 5.56. The van der Waals surface area contributed by atoms with Crippen LogP contribution in [0.2, 0.25) is 0 Å². The first-order chi connectivity index (χ1) is 9.88. The monoisotopic (exact) mass is 271 g/mol. The third kappa shape index (κ3) is 2.18. The molecule has 0 radical (unpaired) electrons. The van der Waals surface area contributed by atoms with Crippen molar-refractivity contribution in [3.63, 3.8) is 0 Å². The molecule has 0 aliphatic carbocycles. The van der Waals surface area contributed by atoms with Crippen molar-refractivity contribution in [1.82, 2.24) is 10.1 Å². The standard InChI is InChI=1S/C15H17N3O2/c1-2-4-12-11(3-1)8-13(16-12)15-17-14(18-20-15)7-10-5-6-19-9-10/h1-4,10,13,16H,5-9H2/t10?,13-/m0/s1. The quantitative estimate of drug-likeness (QED) is 0.928. The van der Waals surface area contributed by atoms with E-state index in [1.165, 1.54) is 11.3 Å². The molecular weight excluding hydrogens is 254 g/mol. The third-order valence-electron chi connectivity index (χ3n) is 4.05. The van der Waals surface area contributed by atoms with Gasteiger partial charge in [0.15, 0.2) is 5.82 Å². The minimum atomic E-state index is 0.105. The van der Waals surface area contributed by atoms with Crippen molar-refractivity contribution in [2.24, 2.45) is 5.92 Å². The summed E-state index contributed by atoms with van der Waals surface area (Å²) in [6.07, 6.45) is 2.85. The van der Waals surface area contributed by atoms with Crippen molar-refractivity contribution in [1.29, 1.82) is 0 Å². The number of anilines is 1. The van der Waals surface area contributed by atoms with Gasteiger partial charge < -0.3 is 14.6 Å². The first-order valence-electron chi connectivity index (χ1n) is 7.13. The second-order valence-corrected chi connectivity index (χ2v) is 5.54. The van der Waals surface area contributed by atoms with E-state index in [0.29, 0.717) is 11.8 Å². The Kier molecular flexibility index (Phi) is 2.92. The van der Waals surface area contributed by atoms with Gasteiger partial charge in [0.2, 0.25) is 5.89 Å². The Bertz CT molecular complexity index is 580. The second-order valence-electron chi connectivity index (χ2n) is 5.54. The van der Waals surface area contributed by atoms with E-state index in [4.69, 9.17) is 9.26 Å². The van der Waals surface area contributed by atoms with Gasteiger partial charge >= 0.3 is 0 Å². The number of hydrogen-bond donors (Lipinski definition) is 1. The molecule has 1 fully saturated rings. The van der Waals surface area contributed by atoms with Crippen LogP contribution in [0.25, 0.3) is 0 Å². The molecule has 1 saturated heterocycles. The number of hydrogen-bond acceptors (Lipinski definition) is 5. The van der Waals surface area contributed by atoms with Gasteiger partial charge in [-0.2, -0.15) is 4.98 Å². The number of nitrogens with one attached hydrogen (secondary N) is 1. The maximum atomic E-state index is 5.43. The van der Waals surface area contributed by atoms with Crippen LogP contribution in [-0.4, -0.2) is 23.4 Å². The fourth-order valence-electron chi connectivity index (χ4n) is 2.94. The fourth-order valence-corrected chi connectivity index (χ4v) is 2.94. The Morgan fingerprint density at radius 2 is 2.25 bits per heavy atom. The van der Waals surface area contributed by atoms with E-state index < -0.39 is 0 Å². The van der Waals surface area contributed by atoms with E-state index in [0.717, 1.165) is 38.3 Å². The van der Waals surface area contributed by atoms with Crippen LogP contribution in [0, 0.1) is 5.92 Å². The summed E-state index contributed by atoms with van der Waals surface area (Å²) in [4.78, 5) is 4.54. The lowest BCUT2D eigenvalue weighted by Crippen LogP contribution is -2.08. The molecule has 0 bridgehead atoms. The second kappa shape index (κ2) is 4.90. The molecule has 20 heavy (non-hydrogen) atoms. The Hall–Kier alpha value is -1.88. The number of aromatic nitrogens is 2. The van der Waals surface area contributed by atoms with E-state index in [2.05, 4.69) is 33.7 Å². The summed E-state index contributed by atoms with van der Waals surface area (Å²) < 4.78 is 10.8. The largest absolute Gasteiger partial charge is 0.381 e. The lowest BCUT2D eigenvalue weighted by Gasteiger charge is -2.04. The molecule has 3 heterocycles. The Morgan fingerprint density at radius 1 is 1.30 bits per heavy atom. The van der Waals surface area contributed by atoms with Gasteiger partial charge in [0.05, 0.1) is 0 Å². The Labute approximate surface area is 117 Å². The molecule has 0 spiro atoms. The van der Waals surface area contributed by atoms with Crippen molar-refractivity contribution in [3.8, 4) is 0 Å². The molecule has 1 N–H and O–H groups in total. The molecule has 2 aliphatic heterocycles. The molecule has 2 aromatic rings. The minimum absolute atomic E-state index is 0.105. The number of rotatable bonds is 3. The molecule has 5 nitrogen and oxygen atoms in total. The van der Waals surface area contributed by atoms with Gasteiger partial charge in [0.1, 0.15) is 6.04 Å². The van der Waals surface area contributed by atoms with Crippen molar-refractivity contribution in [2.75, 3.05) is 18.5 Å². The van der Waals surface area contributed by atoms with E-state index in [1.807, 2.05) is 6.07 Å². The van der Waals surface area contributed by atoms with Crippen LogP contribution in [0.15, 0.2) is 28.8 Å². The zero-order valence-corrected chi connectivity index (χ0v) is 11.2. The summed E-state index contributed by atoms with van der Waals surface area (Å²) in [5.41, 5.74) is 2.47. The highest BCUT2D eigenvalue weighted by Gasteiger charge is 2.27. The molecule has 1 aromatic heterocycles. The van der Waals surface area contributed by atoms with E-state index >= 15 is 0 Å². The van der Waals surface area contributed by atoms with Crippen LogP contribution in [0.5, 0.6) is 0 Å². The zero-order chi connectivity index (χ0) is 13.4. The zero-order valence-electron chi connectivity index (χ0n) is 11.2. The minimum Gasteiger partial charge on any atom is -0.381 e. The van der Waals surface area contributed by atoms with Crippen LogP contribution < -0.4 is 5.32 Å². The summed E-state index contributed by atoms with van der Waals surface area (Å²) in [5.74, 6) is 2.03. The predicted octanol–water partition coefficient (Wildman–Crippen LogP) is 2.36. The van der Waals surface area contributed by atoms with Crippen LogP contribution in [0.3, 0.4) is 0 Å². The molecule has 5 heteroatoms. The SMILES string of the molecule is c1ccc2c(c1)C[C@@H](c1nc(CC3CCOC3)no1)N2. The van der Waals surface area contributed by atoms with Gasteiger partial charge in [0, 0.05) is 31.7 Å². The van der Waals surface area contributed by atoms with Gasteiger partial charge in [-0.3, -0.25) is 0 Å². The highest BCUT2D eigenvalue weighted by atomic mass is 16.5. The van der Waals surface area contributed by atoms with Crippen LogP contribution >= 0.6 is 0 Å². The molecule has 2 aliphatic rings. The number of fused-ring (bicyclic) bond motifs is 1. The average Bonchev–Trinajstić information content (AvgIpc) is 3.18. The lowest BCUT2D eigenvalue weighted by atomic mass is 10.1. The van der Waals surface area contributed by atoms with Crippen LogP contribution in [-0.2, 0) is 17.6 Å². The summed E-state index contributed by atoms with van der Waals surface area (Å²) in [6.45, 7) is 1.67. The topological polar surface area (TPSA) is 60.2 Å². The molecule has 0 amide bonds. The van der Waals surface area contributed by atoms with Crippen molar-refractivity contribution < 1.29 is 9.26 Å². The van der Waals surface area contributed by atoms with Gasteiger partial charge in [-0.05, 0) is 24.0 Å². The van der Waals surface area contributed by atoms with Gasteiger partial charge in [-0.25, -0.2) is 0 Å². The summed E-state index contributed by atoms with van der Waals surface area (Å²) in [7, 11) is 0. The van der Waals surface area contributed by atoms with Crippen LogP contribution in [0.4, 0.5) is 5.69 Å². The van der Waals surface area contributed by atoms with E-state index in [9.17, 15) is 0 Å². The number of para-hydroxylation sites is 1. The van der Waals surface area contributed by atoms with E-state index in [-0.39, 0.29) is 6.04 Å². The number of benzene rings is 1. The lowest BCUT2D eigenvalue weighted by molar-refractivity contribution is 0.185. The summed E-state index contributed by atoms with van der Waals surface area (Å²) in [5, 5.41) is 7.54. The Morgan fingerprint density at radius 3 is 3.10 bits per heavy atom. The smallest absolute Gasteiger partial charge is 0.249 e. The predicted molar refractivity (Wildman–Crippen MR) is 73.4 cm³/mol. The maximum absolute atomic E-state index is 5.43. The van der Waals surface area contributed by atoms with Gasteiger partial charge in [0.25, 0.3) is 0 Å². The molecule has 104 valence electrons. The molecule has 0 saturated carbocycles. The average molecular weight is 271 g/mol. The fraction of sp³-hybridized carbons (Fsp3) is 0.467. The van der Waals surface area contributed by atoms with Crippen molar-refractivity contribution in [2.45, 2.75) is 25.3 Å².